The van der Waals surface area contributed by atoms with Crippen molar-refractivity contribution in [3.63, 3.8) is 0 Å². The zero-order chi connectivity index (χ0) is 22.1. The normalized spacial score (nSPS) is 14.9. The second-order valence-electron chi connectivity index (χ2n) is 7.62. The fraction of sp³-hybridized carbons (Fsp3) is 0.304. The van der Waals surface area contributed by atoms with Crippen LogP contribution >= 0.6 is 0 Å². The first-order valence-corrected chi connectivity index (χ1v) is 11.5. The van der Waals surface area contributed by atoms with Gasteiger partial charge in [-0.2, -0.15) is 0 Å². The van der Waals surface area contributed by atoms with Gasteiger partial charge in [0.1, 0.15) is 5.75 Å². The average Bonchev–Trinajstić information content (AvgIpc) is 3.59. The van der Waals surface area contributed by atoms with Gasteiger partial charge < -0.3 is 9.47 Å². The monoisotopic (exact) mass is 440 g/mol. The third-order valence-corrected chi connectivity index (χ3v) is 7.07. The van der Waals surface area contributed by atoms with Crippen LogP contribution in [0.3, 0.4) is 0 Å². The highest BCUT2D eigenvalue weighted by atomic mass is 32.2. The number of carbonyl (C=O) groups excluding carboxylic acids is 1. The number of nitrogens with zero attached hydrogens (tertiary/aromatic N) is 1. The van der Waals surface area contributed by atoms with Gasteiger partial charge in [-0.15, -0.1) is 0 Å². The lowest BCUT2D eigenvalue weighted by Gasteiger charge is -2.20. The number of hydrogen-bond donors (Lipinski definition) is 1. The lowest BCUT2D eigenvalue weighted by molar-refractivity contribution is -0.121. The number of methoxy groups -OCH3 is 2. The molecule has 0 aliphatic heterocycles. The van der Waals surface area contributed by atoms with E-state index in [4.69, 9.17) is 9.47 Å². The molecule has 1 saturated carbocycles. The Labute approximate surface area is 181 Å². The number of pyridine rings is 1. The number of fused-ring (bicyclic) bond motifs is 1. The molecule has 3 aromatic rings. The maximum Gasteiger partial charge on any atom is 0.264 e. The largest absolute Gasteiger partial charge is 0.496 e. The molecule has 7 nitrogen and oxygen atoms in total. The molecule has 0 unspecified atom stereocenters. The summed E-state index contributed by atoms with van der Waals surface area (Å²) in [4.78, 5) is 17.5. The predicted molar refractivity (Wildman–Crippen MR) is 117 cm³/mol. The molecular formula is C23H24N2O5S. The van der Waals surface area contributed by atoms with Crippen LogP contribution in [-0.2, 0) is 31.4 Å². The molecule has 8 heteroatoms. The van der Waals surface area contributed by atoms with Gasteiger partial charge >= 0.3 is 0 Å². The molecule has 0 saturated heterocycles. The Morgan fingerprint density at radius 2 is 1.94 bits per heavy atom. The first kappa shape index (κ1) is 21.3. The van der Waals surface area contributed by atoms with E-state index in [-0.39, 0.29) is 4.90 Å². The fourth-order valence-electron chi connectivity index (χ4n) is 3.83. The molecule has 1 aliphatic rings. The molecule has 1 fully saturated rings. The van der Waals surface area contributed by atoms with Crippen LogP contribution < -0.4 is 9.46 Å². The summed E-state index contributed by atoms with van der Waals surface area (Å²) in [5.74, 6) is 0.0242. The van der Waals surface area contributed by atoms with Crippen LogP contribution in [0.1, 0.15) is 24.0 Å². The Hall–Kier alpha value is -2.97. The molecule has 162 valence electrons. The molecule has 31 heavy (non-hydrogen) atoms. The second-order valence-corrected chi connectivity index (χ2v) is 9.27. The minimum Gasteiger partial charge on any atom is -0.496 e. The lowest BCUT2D eigenvalue weighted by atomic mass is 9.92. The van der Waals surface area contributed by atoms with Crippen molar-refractivity contribution in [2.75, 3.05) is 20.8 Å². The van der Waals surface area contributed by atoms with Gasteiger partial charge in [0.2, 0.25) is 5.91 Å². The first-order valence-electron chi connectivity index (χ1n) is 9.98. The summed E-state index contributed by atoms with van der Waals surface area (Å²) in [6.07, 6.45) is 3.39. The van der Waals surface area contributed by atoms with E-state index in [0.717, 1.165) is 5.56 Å². The standard InChI is InChI=1S/C23H24N2O5S/c1-29-14-10-16-8-9-20(30-2)18(15-16)23(11-12-23)22(26)25-31(27,28)21-7-3-6-19-17(21)5-4-13-24-19/h3-9,13,15H,10-12,14H2,1-2H3,(H,25,26). The highest BCUT2D eigenvalue weighted by Gasteiger charge is 2.54. The topological polar surface area (TPSA) is 94.6 Å². The molecule has 1 heterocycles. The van der Waals surface area contributed by atoms with Crippen molar-refractivity contribution >= 4 is 26.8 Å². The molecule has 4 rings (SSSR count). The van der Waals surface area contributed by atoms with Gasteiger partial charge in [0.25, 0.3) is 10.0 Å². The highest BCUT2D eigenvalue weighted by molar-refractivity contribution is 7.90. The Kier molecular flexibility index (Phi) is 5.68. The van der Waals surface area contributed by atoms with Crippen LogP contribution in [0.2, 0.25) is 0 Å². The highest BCUT2D eigenvalue weighted by Crippen LogP contribution is 2.52. The lowest BCUT2D eigenvalue weighted by Crippen LogP contribution is -2.39. The first-order chi connectivity index (χ1) is 14.9. The average molecular weight is 441 g/mol. The third kappa shape index (κ3) is 4.00. The number of sulfonamides is 1. The van der Waals surface area contributed by atoms with Crippen molar-refractivity contribution in [2.24, 2.45) is 0 Å². The van der Waals surface area contributed by atoms with Crippen LogP contribution in [0.25, 0.3) is 10.9 Å². The number of nitrogens with one attached hydrogen (secondary N) is 1. The van der Waals surface area contributed by atoms with E-state index in [1.165, 1.54) is 6.07 Å². The Balaban J connectivity index is 1.67. The summed E-state index contributed by atoms with van der Waals surface area (Å²) in [6.45, 7) is 0.550. The maximum absolute atomic E-state index is 13.3. The molecule has 1 aliphatic carbocycles. The van der Waals surface area contributed by atoms with Crippen LogP contribution in [0.15, 0.2) is 59.6 Å². The van der Waals surface area contributed by atoms with E-state index < -0.39 is 21.3 Å². The minimum atomic E-state index is -4.08. The number of hydrogen-bond acceptors (Lipinski definition) is 6. The molecule has 1 N–H and O–H groups in total. The summed E-state index contributed by atoms with van der Waals surface area (Å²) >= 11 is 0. The number of carbonyl (C=O) groups is 1. The Morgan fingerprint density at radius 3 is 2.65 bits per heavy atom. The minimum absolute atomic E-state index is 0.0306. The van der Waals surface area contributed by atoms with Crippen molar-refractivity contribution in [3.05, 3.63) is 65.9 Å². The van der Waals surface area contributed by atoms with Gasteiger partial charge in [-0.3, -0.25) is 9.78 Å². The van der Waals surface area contributed by atoms with E-state index in [1.807, 2.05) is 18.2 Å². The molecule has 0 spiro atoms. The van der Waals surface area contributed by atoms with Gasteiger partial charge in [0, 0.05) is 24.3 Å². The second kappa shape index (κ2) is 8.28. The van der Waals surface area contributed by atoms with Crippen molar-refractivity contribution in [2.45, 2.75) is 29.6 Å². The smallest absolute Gasteiger partial charge is 0.264 e. The quantitative estimate of drug-likeness (QED) is 0.579. The van der Waals surface area contributed by atoms with E-state index in [0.29, 0.717) is 48.1 Å². The molecule has 0 bridgehead atoms. The van der Waals surface area contributed by atoms with Crippen molar-refractivity contribution in [3.8, 4) is 5.75 Å². The van der Waals surface area contributed by atoms with Gasteiger partial charge in [0.15, 0.2) is 0 Å². The van der Waals surface area contributed by atoms with Crippen LogP contribution in [0, 0.1) is 0 Å². The Morgan fingerprint density at radius 1 is 1.13 bits per heavy atom. The van der Waals surface area contributed by atoms with Crippen molar-refractivity contribution < 1.29 is 22.7 Å². The van der Waals surface area contributed by atoms with Crippen LogP contribution in [0.4, 0.5) is 0 Å². The van der Waals surface area contributed by atoms with E-state index in [1.54, 1.807) is 44.7 Å². The number of ether oxygens (including phenoxy) is 2. The summed E-state index contributed by atoms with van der Waals surface area (Å²) in [5, 5.41) is 0.467. The number of aromatic nitrogens is 1. The van der Waals surface area contributed by atoms with Crippen molar-refractivity contribution in [1.82, 2.24) is 9.71 Å². The van der Waals surface area contributed by atoms with Gasteiger partial charge in [-0.05, 0) is 55.2 Å². The van der Waals surface area contributed by atoms with E-state index in [9.17, 15) is 13.2 Å². The molecular weight excluding hydrogens is 416 g/mol. The summed E-state index contributed by atoms with van der Waals surface area (Å²) in [7, 11) is -0.905. The van der Waals surface area contributed by atoms with E-state index >= 15 is 0 Å². The molecule has 1 amide bonds. The van der Waals surface area contributed by atoms with Crippen molar-refractivity contribution in [1.29, 1.82) is 0 Å². The molecule has 2 aromatic carbocycles. The summed E-state index contributed by atoms with van der Waals surface area (Å²) < 4.78 is 39.2. The zero-order valence-corrected chi connectivity index (χ0v) is 18.2. The molecule has 1 aromatic heterocycles. The van der Waals surface area contributed by atoms with Crippen LogP contribution in [-0.4, -0.2) is 40.1 Å². The SMILES string of the molecule is COCCc1ccc(OC)c(C2(C(=O)NS(=O)(=O)c3cccc4ncccc34)CC2)c1. The number of benzene rings is 2. The summed E-state index contributed by atoms with van der Waals surface area (Å²) in [6, 6.07) is 13.8. The van der Waals surface area contributed by atoms with Gasteiger partial charge in [0.05, 0.1) is 29.5 Å². The van der Waals surface area contributed by atoms with Gasteiger partial charge in [-0.25, -0.2) is 13.1 Å². The number of amides is 1. The van der Waals surface area contributed by atoms with Crippen LogP contribution in [0.5, 0.6) is 5.75 Å². The van der Waals surface area contributed by atoms with Gasteiger partial charge in [-0.1, -0.05) is 18.2 Å². The molecule has 0 radical (unpaired) electrons. The Bertz CT molecular complexity index is 1230. The summed E-state index contributed by atoms with van der Waals surface area (Å²) in [5.41, 5.74) is 1.33. The third-order valence-electron chi connectivity index (χ3n) is 5.68. The zero-order valence-electron chi connectivity index (χ0n) is 17.4. The number of rotatable bonds is 8. The van der Waals surface area contributed by atoms with E-state index in [2.05, 4.69) is 9.71 Å². The molecule has 0 atom stereocenters. The fourth-order valence-corrected chi connectivity index (χ4v) is 5.10. The predicted octanol–water partition coefficient (Wildman–Crippen LogP) is 2.97. The maximum atomic E-state index is 13.3.